The van der Waals surface area contributed by atoms with Crippen LogP contribution in [0.2, 0.25) is 0 Å². The Kier molecular flexibility index (Phi) is 5.57. The number of rotatable bonds is 5. The molecule has 1 saturated carbocycles. The van der Waals surface area contributed by atoms with Crippen molar-refractivity contribution in [2.75, 3.05) is 5.75 Å². The van der Waals surface area contributed by atoms with E-state index in [0.29, 0.717) is 11.8 Å². The van der Waals surface area contributed by atoms with Gasteiger partial charge in [-0.3, -0.25) is 4.79 Å². The number of amides is 1. The van der Waals surface area contributed by atoms with Gasteiger partial charge in [-0.15, -0.1) is 23.1 Å². The number of carbonyl (C=O) groups is 1. The summed E-state index contributed by atoms with van der Waals surface area (Å²) in [7, 11) is 0. The van der Waals surface area contributed by atoms with Gasteiger partial charge in [0.1, 0.15) is 0 Å². The van der Waals surface area contributed by atoms with E-state index >= 15 is 0 Å². The van der Waals surface area contributed by atoms with Gasteiger partial charge in [-0.2, -0.15) is 0 Å². The molecule has 0 bridgehead atoms. The van der Waals surface area contributed by atoms with Gasteiger partial charge in [0.15, 0.2) is 0 Å². The van der Waals surface area contributed by atoms with Crippen molar-refractivity contribution in [1.29, 1.82) is 0 Å². The molecule has 0 aliphatic heterocycles. The Balaban J connectivity index is 1.62. The van der Waals surface area contributed by atoms with Gasteiger partial charge < -0.3 is 5.32 Å². The summed E-state index contributed by atoms with van der Waals surface area (Å²) in [5, 5.41) is 5.26. The average molecular weight is 283 g/mol. The molecule has 0 spiro atoms. The van der Waals surface area contributed by atoms with Crippen molar-refractivity contribution >= 4 is 29.0 Å². The van der Waals surface area contributed by atoms with E-state index in [0.717, 1.165) is 24.5 Å². The Labute approximate surface area is 118 Å². The fraction of sp³-hybridized carbons (Fsp3) is 0.643. The molecule has 2 atom stereocenters. The number of carbonyl (C=O) groups excluding carboxylic acids is 1. The topological polar surface area (TPSA) is 29.1 Å². The monoisotopic (exact) mass is 283 g/mol. The molecule has 1 heterocycles. The molecule has 0 radical (unpaired) electrons. The second-order valence-electron chi connectivity index (χ2n) is 5.11. The van der Waals surface area contributed by atoms with E-state index in [1.165, 1.54) is 17.7 Å². The average Bonchev–Trinajstić information content (AvgIpc) is 2.82. The molecular formula is C14H21NOS2. The minimum absolute atomic E-state index is 0.204. The van der Waals surface area contributed by atoms with Crippen LogP contribution in [-0.2, 0) is 10.5 Å². The summed E-state index contributed by atoms with van der Waals surface area (Å²) in [6, 6.07) is 4.60. The summed E-state index contributed by atoms with van der Waals surface area (Å²) >= 11 is 3.46. The van der Waals surface area contributed by atoms with Crippen molar-refractivity contribution < 1.29 is 4.79 Å². The molecule has 100 valence electrons. The van der Waals surface area contributed by atoms with Crippen molar-refractivity contribution in [3.05, 3.63) is 22.4 Å². The molecule has 1 N–H and O–H groups in total. The number of hydrogen-bond acceptors (Lipinski definition) is 3. The van der Waals surface area contributed by atoms with E-state index in [9.17, 15) is 4.79 Å². The summed E-state index contributed by atoms with van der Waals surface area (Å²) in [6.45, 7) is 2.28. The van der Waals surface area contributed by atoms with Crippen LogP contribution < -0.4 is 5.32 Å². The molecular weight excluding hydrogens is 262 g/mol. The Morgan fingerprint density at radius 3 is 3.17 bits per heavy atom. The van der Waals surface area contributed by atoms with Crippen LogP contribution in [0.15, 0.2) is 17.5 Å². The minimum atomic E-state index is 0.204. The van der Waals surface area contributed by atoms with Crippen LogP contribution in [0.3, 0.4) is 0 Å². The second-order valence-corrected chi connectivity index (χ2v) is 7.13. The molecule has 18 heavy (non-hydrogen) atoms. The number of hydrogen-bond donors (Lipinski definition) is 1. The maximum atomic E-state index is 11.8. The van der Waals surface area contributed by atoms with Gasteiger partial charge >= 0.3 is 0 Å². The Morgan fingerprint density at radius 1 is 1.56 bits per heavy atom. The van der Waals surface area contributed by atoms with Crippen LogP contribution in [0.4, 0.5) is 0 Å². The smallest absolute Gasteiger partial charge is 0.230 e. The fourth-order valence-electron chi connectivity index (χ4n) is 2.47. The minimum Gasteiger partial charge on any atom is -0.353 e. The molecule has 1 aliphatic rings. The summed E-state index contributed by atoms with van der Waals surface area (Å²) in [5.41, 5.74) is 0. The van der Waals surface area contributed by atoms with Crippen LogP contribution in [0, 0.1) is 5.92 Å². The molecule has 4 heteroatoms. The van der Waals surface area contributed by atoms with E-state index in [1.807, 2.05) is 0 Å². The Hall–Kier alpha value is -0.480. The summed E-state index contributed by atoms with van der Waals surface area (Å²) in [4.78, 5) is 13.2. The molecule has 1 aliphatic carbocycles. The third kappa shape index (κ3) is 4.65. The summed E-state index contributed by atoms with van der Waals surface area (Å²) in [5.74, 6) is 2.51. The molecule has 2 rings (SSSR count). The number of thioether (sulfide) groups is 1. The molecule has 1 amide bonds. The zero-order chi connectivity index (χ0) is 12.8. The summed E-state index contributed by atoms with van der Waals surface area (Å²) in [6.07, 6.45) is 4.89. The first-order chi connectivity index (χ1) is 8.74. The highest BCUT2D eigenvalue weighted by Gasteiger charge is 2.20. The lowest BCUT2D eigenvalue weighted by Gasteiger charge is -2.27. The van der Waals surface area contributed by atoms with Gasteiger partial charge in [0.05, 0.1) is 5.75 Å². The standard InChI is InChI=1S/C14H21NOS2/c1-11-4-2-5-12(8-11)15-14(16)10-17-9-13-6-3-7-18-13/h3,6-7,11-12H,2,4-5,8-10H2,1H3,(H,15,16)/t11-,12-/m0/s1. The number of thiophene rings is 1. The maximum absolute atomic E-state index is 11.8. The highest BCUT2D eigenvalue weighted by atomic mass is 32.2. The van der Waals surface area contributed by atoms with Crippen molar-refractivity contribution in [3.63, 3.8) is 0 Å². The molecule has 2 nitrogen and oxygen atoms in total. The second kappa shape index (κ2) is 7.19. The van der Waals surface area contributed by atoms with Gasteiger partial charge in [0, 0.05) is 16.7 Å². The lowest BCUT2D eigenvalue weighted by molar-refractivity contribution is -0.119. The van der Waals surface area contributed by atoms with Crippen LogP contribution >= 0.6 is 23.1 Å². The normalized spacial score (nSPS) is 23.8. The molecule has 1 aromatic heterocycles. The van der Waals surface area contributed by atoms with E-state index < -0.39 is 0 Å². The zero-order valence-corrected chi connectivity index (χ0v) is 12.5. The maximum Gasteiger partial charge on any atom is 0.230 e. The summed E-state index contributed by atoms with van der Waals surface area (Å²) < 4.78 is 0. The van der Waals surface area contributed by atoms with Gasteiger partial charge in [-0.1, -0.05) is 25.8 Å². The number of nitrogens with one attached hydrogen (secondary N) is 1. The zero-order valence-electron chi connectivity index (χ0n) is 10.9. The lowest BCUT2D eigenvalue weighted by atomic mass is 9.87. The van der Waals surface area contributed by atoms with Crippen LogP contribution in [-0.4, -0.2) is 17.7 Å². The largest absolute Gasteiger partial charge is 0.353 e. The molecule has 0 aromatic carbocycles. The predicted molar refractivity (Wildman–Crippen MR) is 80.0 cm³/mol. The van der Waals surface area contributed by atoms with Gasteiger partial charge in [-0.05, 0) is 30.2 Å². The van der Waals surface area contributed by atoms with Crippen molar-refractivity contribution in [2.45, 2.75) is 44.4 Å². The van der Waals surface area contributed by atoms with Crippen molar-refractivity contribution in [1.82, 2.24) is 5.32 Å². The molecule has 0 saturated heterocycles. The third-order valence-electron chi connectivity index (χ3n) is 3.36. The van der Waals surface area contributed by atoms with Crippen molar-refractivity contribution in [2.24, 2.45) is 5.92 Å². The predicted octanol–water partition coefficient (Wildman–Crippen LogP) is 3.68. The van der Waals surface area contributed by atoms with Gasteiger partial charge in [0.2, 0.25) is 5.91 Å². The Morgan fingerprint density at radius 2 is 2.44 bits per heavy atom. The fourth-order valence-corrected chi connectivity index (χ4v) is 4.15. The van der Waals surface area contributed by atoms with E-state index in [2.05, 4.69) is 29.8 Å². The van der Waals surface area contributed by atoms with Crippen molar-refractivity contribution in [3.8, 4) is 0 Å². The molecule has 1 fully saturated rings. The Bertz CT molecular complexity index is 364. The highest BCUT2D eigenvalue weighted by Crippen LogP contribution is 2.23. The van der Waals surface area contributed by atoms with E-state index in [-0.39, 0.29) is 5.91 Å². The van der Waals surface area contributed by atoms with E-state index in [4.69, 9.17) is 0 Å². The van der Waals surface area contributed by atoms with E-state index in [1.54, 1.807) is 23.1 Å². The van der Waals surface area contributed by atoms with Crippen LogP contribution in [0.1, 0.15) is 37.5 Å². The SMILES string of the molecule is C[C@H]1CCC[C@H](NC(=O)CSCc2cccs2)C1. The van der Waals surface area contributed by atoms with Gasteiger partial charge in [0.25, 0.3) is 0 Å². The third-order valence-corrected chi connectivity index (χ3v) is 5.40. The molecule has 0 unspecified atom stereocenters. The first-order valence-corrected chi connectivity index (χ1v) is 8.67. The quantitative estimate of drug-likeness (QED) is 0.893. The first kappa shape index (κ1) is 13.9. The molecule has 1 aromatic rings. The van der Waals surface area contributed by atoms with Gasteiger partial charge in [-0.25, -0.2) is 0 Å². The highest BCUT2D eigenvalue weighted by molar-refractivity contribution is 7.99. The first-order valence-electron chi connectivity index (χ1n) is 6.63. The van der Waals surface area contributed by atoms with Crippen LogP contribution in [0.5, 0.6) is 0 Å². The van der Waals surface area contributed by atoms with Crippen LogP contribution in [0.25, 0.3) is 0 Å². The lowest BCUT2D eigenvalue weighted by Crippen LogP contribution is -2.38.